The van der Waals surface area contributed by atoms with E-state index in [-0.39, 0.29) is 5.82 Å². The fourth-order valence-corrected chi connectivity index (χ4v) is 2.08. The molecule has 0 spiro atoms. The maximum atomic E-state index is 12.8. The third kappa shape index (κ3) is 3.64. The smallest absolute Gasteiger partial charge is 0.138 e. The molecule has 102 valence electrons. The van der Waals surface area contributed by atoms with Crippen LogP contribution >= 0.6 is 0 Å². The third-order valence-electron chi connectivity index (χ3n) is 3.26. The molecule has 0 radical (unpaired) electrons. The van der Waals surface area contributed by atoms with Crippen LogP contribution in [0, 0.1) is 19.7 Å². The van der Waals surface area contributed by atoms with E-state index in [0.717, 1.165) is 35.5 Å². The van der Waals surface area contributed by atoms with Gasteiger partial charge in [0.15, 0.2) is 0 Å². The van der Waals surface area contributed by atoms with Crippen molar-refractivity contribution in [3.8, 4) is 0 Å². The molecule has 1 heterocycles. The first kappa shape index (κ1) is 13.7. The molecule has 3 nitrogen and oxygen atoms in total. The second kappa shape index (κ2) is 5.97. The molecule has 2 rings (SSSR count). The molecule has 0 fully saturated rings. The van der Waals surface area contributed by atoms with E-state index in [1.165, 1.54) is 12.1 Å². The van der Waals surface area contributed by atoms with Crippen LogP contribution in [0.3, 0.4) is 0 Å². The number of aromatic nitrogens is 1. The van der Waals surface area contributed by atoms with E-state index in [2.05, 4.69) is 17.4 Å². The Bertz CT molecular complexity index is 514. The molecule has 0 saturated carbocycles. The standard InChI is InChI=1S/C15H19FN2O/c1-10(8-13-4-6-14(16)7-5-13)17-9-15-11(2)18-19-12(15)3/h4-7,10,17H,8-9H2,1-3H3. The summed E-state index contributed by atoms with van der Waals surface area (Å²) in [7, 11) is 0. The summed E-state index contributed by atoms with van der Waals surface area (Å²) < 4.78 is 17.9. The number of rotatable bonds is 5. The second-order valence-corrected chi connectivity index (χ2v) is 4.92. The van der Waals surface area contributed by atoms with Gasteiger partial charge in [-0.05, 0) is 44.9 Å². The largest absolute Gasteiger partial charge is 0.361 e. The summed E-state index contributed by atoms with van der Waals surface area (Å²) in [6.07, 6.45) is 0.865. The van der Waals surface area contributed by atoms with Gasteiger partial charge in [0.25, 0.3) is 0 Å². The SMILES string of the molecule is Cc1noc(C)c1CNC(C)Cc1ccc(F)cc1. The molecule has 0 amide bonds. The summed E-state index contributed by atoms with van der Waals surface area (Å²) in [5.41, 5.74) is 3.17. The van der Waals surface area contributed by atoms with Crippen molar-refractivity contribution in [1.82, 2.24) is 10.5 Å². The van der Waals surface area contributed by atoms with Gasteiger partial charge in [0.05, 0.1) is 5.69 Å². The summed E-state index contributed by atoms with van der Waals surface area (Å²) >= 11 is 0. The van der Waals surface area contributed by atoms with E-state index in [4.69, 9.17) is 4.52 Å². The van der Waals surface area contributed by atoms with Crippen LogP contribution < -0.4 is 5.32 Å². The number of halogens is 1. The topological polar surface area (TPSA) is 38.1 Å². The van der Waals surface area contributed by atoms with Gasteiger partial charge in [-0.15, -0.1) is 0 Å². The van der Waals surface area contributed by atoms with Gasteiger partial charge in [0, 0.05) is 18.2 Å². The van der Waals surface area contributed by atoms with Crippen LogP contribution in [0.5, 0.6) is 0 Å². The maximum Gasteiger partial charge on any atom is 0.138 e. The quantitative estimate of drug-likeness (QED) is 0.899. The zero-order chi connectivity index (χ0) is 13.8. The van der Waals surface area contributed by atoms with Gasteiger partial charge in [-0.25, -0.2) is 4.39 Å². The summed E-state index contributed by atoms with van der Waals surface area (Å²) in [4.78, 5) is 0. The average molecular weight is 262 g/mol. The van der Waals surface area contributed by atoms with Crippen molar-refractivity contribution in [2.45, 2.75) is 39.8 Å². The predicted octanol–water partition coefficient (Wildman–Crippen LogP) is 3.15. The number of nitrogens with one attached hydrogen (secondary N) is 1. The van der Waals surface area contributed by atoms with Crippen molar-refractivity contribution < 1.29 is 8.91 Å². The van der Waals surface area contributed by atoms with Crippen molar-refractivity contribution in [1.29, 1.82) is 0 Å². The first-order chi connectivity index (χ1) is 9.06. The molecule has 2 aromatic rings. The van der Waals surface area contributed by atoms with E-state index in [9.17, 15) is 4.39 Å². The lowest BCUT2D eigenvalue weighted by Crippen LogP contribution is -2.27. The fourth-order valence-electron chi connectivity index (χ4n) is 2.08. The number of nitrogens with zero attached hydrogens (tertiary/aromatic N) is 1. The van der Waals surface area contributed by atoms with Gasteiger partial charge >= 0.3 is 0 Å². The molecule has 1 unspecified atom stereocenters. The number of aryl methyl sites for hydroxylation is 2. The first-order valence-corrected chi connectivity index (χ1v) is 6.46. The van der Waals surface area contributed by atoms with Crippen molar-refractivity contribution in [3.05, 3.63) is 52.7 Å². The minimum absolute atomic E-state index is 0.194. The Balaban J connectivity index is 1.88. The van der Waals surface area contributed by atoms with Gasteiger partial charge in [-0.1, -0.05) is 17.3 Å². The van der Waals surface area contributed by atoms with Gasteiger partial charge in [0.1, 0.15) is 11.6 Å². The van der Waals surface area contributed by atoms with E-state index in [0.29, 0.717) is 6.04 Å². The molecular weight excluding hydrogens is 243 g/mol. The monoisotopic (exact) mass is 262 g/mol. The Hall–Kier alpha value is -1.68. The molecule has 0 aliphatic heterocycles. The van der Waals surface area contributed by atoms with Crippen LogP contribution in [0.1, 0.15) is 29.5 Å². The molecule has 0 aliphatic carbocycles. The van der Waals surface area contributed by atoms with Crippen LogP contribution in [-0.2, 0) is 13.0 Å². The fraction of sp³-hybridized carbons (Fsp3) is 0.400. The Morgan fingerprint density at radius 2 is 1.95 bits per heavy atom. The average Bonchev–Trinajstić information content (AvgIpc) is 2.70. The Morgan fingerprint density at radius 3 is 2.53 bits per heavy atom. The van der Waals surface area contributed by atoms with Crippen molar-refractivity contribution in [2.75, 3.05) is 0 Å². The van der Waals surface area contributed by atoms with Crippen molar-refractivity contribution in [2.24, 2.45) is 0 Å². The molecule has 1 aromatic carbocycles. The van der Waals surface area contributed by atoms with Crippen LogP contribution in [0.15, 0.2) is 28.8 Å². The Kier molecular flexibility index (Phi) is 4.32. The lowest BCUT2D eigenvalue weighted by molar-refractivity contribution is 0.391. The van der Waals surface area contributed by atoms with Crippen LogP contribution in [0.2, 0.25) is 0 Å². The summed E-state index contributed by atoms with van der Waals surface area (Å²) in [5, 5.41) is 7.37. The van der Waals surface area contributed by atoms with Crippen LogP contribution in [-0.4, -0.2) is 11.2 Å². The van der Waals surface area contributed by atoms with E-state index < -0.39 is 0 Å². The summed E-state index contributed by atoms with van der Waals surface area (Å²) in [6.45, 7) is 6.71. The van der Waals surface area contributed by atoms with Crippen molar-refractivity contribution >= 4 is 0 Å². The third-order valence-corrected chi connectivity index (χ3v) is 3.26. The highest BCUT2D eigenvalue weighted by atomic mass is 19.1. The minimum atomic E-state index is -0.194. The molecule has 0 bridgehead atoms. The minimum Gasteiger partial charge on any atom is -0.361 e. The van der Waals surface area contributed by atoms with Gasteiger partial charge in [-0.3, -0.25) is 0 Å². The highest BCUT2D eigenvalue weighted by Crippen LogP contribution is 2.12. The van der Waals surface area contributed by atoms with Crippen LogP contribution in [0.25, 0.3) is 0 Å². The maximum absolute atomic E-state index is 12.8. The first-order valence-electron chi connectivity index (χ1n) is 6.46. The van der Waals surface area contributed by atoms with Gasteiger partial charge in [-0.2, -0.15) is 0 Å². The molecule has 19 heavy (non-hydrogen) atoms. The number of benzene rings is 1. The Labute approximate surface area is 112 Å². The summed E-state index contributed by atoms with van der Waals surface area (Å²) in [5.74, 6) is 0.666. The zero-order valence-corrected chi connectivity index (χ0v) is 11.5. The van der Waals surface area contributed by atoms with E-state index in [1.807, 2.05) is 26.0 Å². The lowest BCUT2D eigenvalue weighted by Gasteiger charge is -2.13. The van der Waals surface area contributed by atoms with Gasteiger partial charge < -0.3 is 9.84 Å². The molecule has 1 atom stereocenters. The van der Waals surface area contributed by atoms with Crippen LogP contribution in [0.4, 0.5) is 4.39 Å². The highest BCUT2D eigenvalue weighted by molar-refractivity contribution is 5.21. The zero-order valence-electron chi connectivity index (χ0n) is 11.5. The predicted molar refractivity (Wildman–Crippen MR) is 72.4 cm³/mol. The van der Waals surface area contributed by atoms with E-state index in [1.54, 1.807) is 0 Å². The molecule has 1 N–H and O–H groups in total. The molecular formula is C15H19FN2O. The lowest BCUT2D eigenvalue weighted by atomic mass is 10.1. The van der Waals surface area contributed by atoms with Crippen molar-refractivity contribution in [3.63, 3.8) is 0 Å². The highest BCUT2D eigenvalue weighted by Gasteiger charge is 2.10. The van der Waals surface area contributed by atoms with E-state index >= 15 is 0 Å². The number of hydrogen-bond acceptors (Lipinski definition) is 3. The Morgan fingerprint density at radius 1 is 1.26 bits per heavy atom. The molecule has 0 saturated heterocycles. The normalized spacial score (nSPS) is 12.6. The van der Waals surface area contributed by atoms with Gasteiger partial charge in [0.2, 0.25) is 0 Å². The second-order valence-electron chi connectivity index (χ2n) is 4.92. The molecule has 1 aromatic heterocycles. The molecule has 4 heteroatoms. The summed E-state index contributed by atoms with van der Waals surface area (Å²) in [6, 6.07) is 6.94. The number of hydrogen-bond donors (Lipinski definition) is 1. The molecule has 0 aliphatic rings.